The van der Waals surface area contributed by atoms with Gasteiger partial charge in [-0.3, -0.25) is 4.90 Å². The number of benzene rings is 1. The summed E-state index contributed by atoms with van der Waals surface area (Å²) in [6.45, 7) is 2.45. The van der Waals surface area contributed by atoms with Crippen LogP contribution in [0.25, 0.3) is 11.0 Å². The molecule has 1 aromatic heterocycles. The molecule has 3 heterocycles. The Kier molecular flexibility index (Phi) is 2.72. The molecule has 4 rings (SSSR count). The minimum absolute atomic E-state index is 0.502. The third-order valence-corrected chi connectivity index (χ3v) is 5.22. The number of aromatic nitrogens is 2. The molecular formula is C14H16ClN3S. The molecule has 2 fully saturated rings. The van der Waals surface area contributed by atoms with Crippen molar-refractivity contribution < 1.29 is 0 Å². The van der Waals surface area contributed by atoms with Gasteiger partial charge in [0.1, 0.15) is 0 Å². The quantitative estimate of drug-likeness (QED) is 0.810. The monoisotopic (exact) mass is 293 g/mol. The molecule has 0 radical (unpaired) electrons. The van der Waals surface area contributed by atoms with Crippen molar-refractivity contribution in [3.63, 3.8) is 0 Å². The maximum Gasteiger partial charge on any atom is 0.178 e. The number of fused-ring (bicyclic) bond motifs is 2. The van der Waals surface area contributed by atoms with Crippen LogP contribution in [0, 0.1) is 4.77 Å². The highest BCUT2D eigenvalue weighted by Crippen LogP contribution is 2.38. The van der Waals surface area contributed by atoms with E-state index in [2.05, 4.69) is 20.5 Å². The molecule has 19 heavy (non-hydrogen) atoms. The maximum absolute atomic E-state index is 6.26. The molecule has 2 aromatic rings. The van der Waals surface area contributed by atoms with Gasteiger partial charge in [0, 0.05) is 12.6 Å². The van der Waals surface area contributed by atoms with Gasteiger partial charge >= 0.3 is 0 Å². The number of rotatable bonds is 1. The van der Waals surface area contributed by atoms with Crippen molar-refractivity contribution in [2.75, 3.05) is 13.1 Å². The number of imidazole rings is 1. The predicted octanol–water partition coefficient (Wildman–Crippen LogP) is 3.76. The Balaban J connectivity index is 1.89. The molecule has 0 spiro atoms. The number of hydrogen-bond acceptors (Lipinski definition) is 2. The topological polar surface area (TPSA) is 24.0 Å². The summed E-state index contributed by atoms with van der Waals surface area (Å²) < 4.78 is 3.11. The second-order valence-electron chi connectivity index (χ2n) is 5.54. The van der Waals surface area contributed by atoms with E-state index < -0.39 is 0 Å². The Morgan fingerprint density at radius 3 is 3.00 bits per heavy atom. The molecule has 2 aliphatic heterocycles. The highest BCUT2D eigenvalue weighted by atomic mass is 35.5. The van der Waals surface area contributed by atoms with E-state index in [4.69, 9.17) is 23.8 Å². The molecular weight excluding hydrogens is 278 g/mol. The first-order chi connectivity index (χ1) is 9.25. The normalized spacial score (nSPS) is 27.2. The summed E-state index contributed by atoms with van der Waals surface area (Å²) in [5, 5.41) is 0.753. The highest BCUT2D eigenvalue weighted by molar-refractivity contribution is 7.71. The fourth-order valence-electron chi connectivity index (χ4n) is 3.80. The minimum atomic E-state index is 0.502. The maximum atomic E-state index is 6.26. The van der Waals surface area contributed by atoms with Gasteiger partial charge in [-0.05, 0) is 50.2 Å². The lowest BCUT2D eigenvalue weighted by Gasteiger charge is -2.22. The summed E-state index contributed by atoms with van der Waals surface area (Å²) in [4.78, 5) is 5.89. The molecule has 5 heteroatoms. The van der Waals surface area contributed by atoms with E-state index in [1.54, 1.807) is 0 Å². The number of aromatic amines is 1. The van der Waals surface area contributed by atoms with Gasteiger partial charge in [-0.2, -0.15) is 0 Å². The fraction of sp³-hybridized carbons (Fsp3) is 0.500. The number of hydrogen-bond donors (Lipinski definition) is 1. The van der Waals surface area contributed by atoms with Gasteiger partial charge in [0.25, 0.3) is 0 Å². The lowest BCUT2D eigenvalue weighted by molar-refractivity contribution is 0.291. The molecule has 100 valence electrons. The van der Waals surface area contributed by atoms with E-state index in [-0.39, 0.29) is 0 Å². The first-order valence-corrected chi connectivity index (χ1v) is 7.67. The summed E-state index contributed by atoms with van der Waals surface area (Å²) in [6.07, 6.45) is 3.80. The Labute approximate surface area is 122 Å². The number of nitrogens with zero attached hydrogens (tertiary/aromatic N) is 2. The van der Waals surface area contributed by atoms with Gasteiger partial charge < -0.3 is 9.55 Å². The summed E-state index contributed by atoms with van der Waals surface area (Å²) >= 11 is 11.8. The molecule has 2 atom stereocenters. The zero-order chi connectivity index (χ0) is 13.0. The second kappa shape index (κ2) is 4.33. The van der Waals surface area contributed by atoms with Crippen LogP contribution in [-0.2, 0) is 0 Å². The number of nitrogens with one attached hydrogen (secondary N) is 1. The molecule has 1 aromatic carbocycles. The Morgan fingerprint density at radius 2 is 2.11 bits per heavy atom. The number of H-pyrrole nitrogens is 1. The first-order valence-electron chi connectivity index (χ1n) is 6.88. The van der Waals surface area contributed by atoms with Crippen LogP contribution in [0.4, 0.5) is 0 Å². The SMILES string of the molecule is S=c1[nH]c2c(Cl)cccc2n1C1CCN2CCCC12. The first kappa shape index (κ1) is 11.9. The molecule has 2 unspecified atom stereocenters. The zero-order valence-corrected chi connectivity index (χ0v) is 12.2. The Bertz CT molecular complexity index is 690. The minimum Gasteiger partial charge on any atom is -0.329 e. The highest BCUT2D eigenvalue weighted by Gasteiger charge is 2.38. The van der Waals surface area contributed by atoms with Crippen molar-refractivity contribution in [3.05, 3.63) is 28.0 Å². The van der Waals surface area contributed by atoms with Crippen LogP contribution in [0.5, 0.6) is 0 Å². The van der Waals surface area contributed by atoms with E-state index >= 15 is 0 Å². The lowest BCUT2D eigenvalue weighted by atomic mass is 10.1. The largest absolute Gasteiger partial charge is 0.329 e. The van der Waals surface area contributed by atoms with Crippen molar-refractivity contribution in [1.82, 2.24) is 14.5 Å². The lowest BCUT2D eigenvalue weighted by Crippen LogP contribution is -2.27. The van der Waals surface area contributed by atoms with Crippen LogP contribution in [0.1, 0.15) is 25.3 Å². The third kappa shape index (κ3) is 1.70. The van der Waals surface area contributed by atoms with Crippen molar-refractivity contribution in [2.24, 2.45) is 0 Å². The van der Waals surface area contributed by atoms with E-state index in [1.165, 1.54) is 32.4 Å². The third-order valence-electron chi connectivity index (χ3n) is 4.60. The van der Waals surface area contributed by atoms with Gasteiger partial charge in [0.05, 0.1) is 22.1 Å². The van der Waals surface area contributed by atoms with Crippen LogP contribution in [0.3, 0.4) is 0 Å². The van der Waals surface area contributed by atoms with Gasteiger partial charge in [-0.25, -0.2) is 0 Å². The van der Waals surface area contributed by atoms with E-state index in [1.807, 2.05) is 12.1 Å². The fourth-order valence-corrected chi connectivity index (χ4v) is 4.35. The smallest absolute Gasteiger partial charge is 0.178 e. The van der Waals surface area contributed by atoms with Crippen molar-refractivity contribution in [1.29, 1.82) is 0 Å². The second-order valence-corrected chi connectivity index (χ2v) is 6.33. The number of para-hydroxylation sites is 1. The van der Waals surface area contributed by atoms with Crippen LogP contribution in [-0.4, -0.2) is 33.6 Å². The van der Waals surface area contributed by atoms with E-state index in [9.17, 15) is 0 Å². The summed E-state index contributed by atoms with van der Waals surface area (Å²) in [5.41, 5.74) is 2.13. The van der Waals surface area contributed by atoms with Gasteiger partial charge in [0.2, 0.25) is 0 Å². The molecule has 0 saturated carbocycles. The number of halogens is 1. The van der Waals surface area contributed by atoms with E-state index in [0.29, 0.717) is 12.1 Å². The molecule has 3 nitrogen and oxygen atoms in total. The van der Waals surface area contributed by atoms with Crippen LogP contribution >= 0.6 is 23.8 Å². The van der Waals surface area contributed by atoms with Crippen LogP contribution in [0.2, 0.25) is 5.02 Å². The van der Waals surface area contributed by atoms with Crippen LogP contribution < -0.4 is 0 Å². The Morgan fingerprint density at radius 1 is 1.21 bits per heavy atom. The van der Waals surface area contributed by atoms with E-state index in [0.717, 1.165) is 20.8 Å². The van der Waals surface area contributed by atoms with Gasteiger partial charge in [-0.1, -0.05) is 17.7 Å². The predicted molar refractivity (Wildman–Crippen MR) is 80.4 cm³/mol. The molecule has 1 N–H and O–H groups in total. The van der Waals surface area contributed by atoms with Crippen molar-refractivity contribution in [2.45, 2.75) is 31.3 Å². The van der Waals surface area contributed by atoms with Gasteiger partial charge in [-0.15, -0.1) is 0 Å². The van der Waals surface area contributed by atoms with Gasteiger partial charge in [0.15, 0.2) is 4.77 Å². The average molecular weight is 294 g/mol. The van der Waals surface area contributed by atoms with Crippen molar-refractivity contribution >= 4 is 34.9 Å². The summed E-state index contributed by atoms with van der Waals surface area (Å²) in [5.74, 6) is 0. The molecule has 2 aliphatic rings. The molecule has 0 bridgehead atoms. The Hall–Kier alpha value is -0.840. The summed E-state index contributed by atoms with van der Waals surface area (Å²) in [7, 11) is 0. The molecule has 0 amide bonds. The molecule has 0 aliphatic carbocycles. The van der Waals surface area contributed by atoms with Crippen molar-refractivity contribution in [3.8, 4) is 0 Å². The van der Waals surface area contributed by atoms with Crippen LogP contribution in [0.15, 0.2) is 18.2 Å². The standard InChI is InChI=1S/C14H16ClN3S/c15-9-3-1-4-12-13(9)16-14(19)18(12)11-6-8-17-7-2-5-10(11)17/h1,3-4,10-11H,2,5-8H2,(H,16,19). The zero-order valence-electron chi connectivity index (χ0n) is 10.6. The average Bonchev–Trinajstić information content (AvgIpc) is 3.03. The summed E-state index contributed by atoms with van der Waals surface area (Å²) in [6, 6.07) is 7.19. The molecule has 2 saturated heterocycles.